The summed E-state index contributed by atoms with van der Waals surface area (Å²) in [5.74, 6) is -0.214. The highest BCUT2D eigenvalue weighted by Gasteiger charge is 2.25. The van der Waals surface area contributed by atoms with Crippen molar-refractivity contribution in [3.8, 4) is 0 Å². The lowest BCUT2D eigenvalue weighted by Crippen LogP contribution is -2.28. The van der Waals surface area contributed by atoms with Crippen LogP contribution in [0, 0.1) is 0 Å². The molecule has 1 fully saturated rings. The SMILES string of the molecule is CCC(C(=O)OC1CCCCC1)n1cccc1C=O. The zero-order valence-corrected chi connectivity index (χ0v) is 11.4. The van der Waals surface area contributed by atoms with Gasteiger partial charge in [0.25, 0.3) is 0 Å². The number of carbonyl (C=O) groups excluding carboxylic acids is 2. The zero-order valence-electron chi connectivity index (χ0n) is 11.4. The van der Waals surface area contributed by atoms with Gasteiger partial charge >= 0.3 is 5.97 Å². The minimum absolute atomic E-state index is 0.0607. The lowest BCUT2D eigenvalue weighted by molar-refractivity contribution is -0.154. The molecule has 0 amide bonds. The van der Waals surface area contributed by atoms with Crippen LogP contribution in [0.1, 0.15) is 62.0 Å². The monoisotopic (exact) mass is 263 g/mol. The van der Waals surface area contributed by atoms with Crippen molar-refractivity contribution in [3.05, 3.63) is 24.0 Å². The van der Waals surface area contributed by atoms with Crippen LogP contribution in [0.4, 0.5) is 0 Å². The van der Waals surface area contributed by atoms with Crippen LogP contribution in [0.5, 0.6) is 0 Å². The third-order valence-corrected chi connectivity index (χ3v) is 3.76. The quantitative estimate of drug-likeness (QED) is 0.605. The van der Waals surface area contributed by atoms with Crippen LogP contribution in [0.15, 0.2) is 18.3 Å². The van der Waals surface area contributed by atoms with Crippen LogP contribution in [-0.4, -0.2) is 22.9 Å². The first-order chi connectivity index (χ1) is 9.26. The van der Waals surface area contributed by atoms with Crippen molar-refractivity contribution in [1.82, 2.24) is 4.57 Å². The summed E-state index contributed by atoms with van der Waals surface area (Å²) < 4.78 is 7.30. The minimum Gasteiger partial charge on any atom is -0.461 e. The van der Waals surface area contributed by atoms with Gasteiger partial charge in [-0.15, -0.1) is 0 Å². The molecule has 0 spiro atoms. The molecule has 19 heavy (non-hydrogen) atoms. The molecule has 1 saturated carbocycles. The van der Waals surface area contributed by atoms with E-state index in [9.17, 15) is 9.59 Å². The fourth-order valence-corrected chi connectivity index (χ4v) is 2.69. The van der Waals surface area contributed by atoms with Gasteiger partial charge in [-0.3, -0.25) is 4.79 Å². The summed E-state index contributed by atoms with van der Waals surface area (Å²) in [5, 5.41) is 0. The first-order valence-corrected chi connectivity index (χ1v) is 7.08. The van der Waals surface area contributed by atoms with Gasteiger partial charge in [0.1, 0.15) is 12.1 Å². The van der Waals surface area contributed by atoms with Crippen LogP contribution in [0.2, 0.25) is 0 Å². The van der Waals surface area contributed by atoms with Crippen molar-refractivity contribution < 1.29 is 14.3 Å². The van der Waals surface area contributed by atoms with Crippen LogP contribution in [0.3, 0.4) is 0 Å². The lowest BCUT2D eigenvalue weighted by atomic mass is 9.98. The summed E-state index contributed by atoms with van der Waals surface area (Å²) in [6.45, 7) is 1.93. The van der Waals surface area contributed by atoms with Crippen molar-refractivity contribution in [2.75, 3.05) is 0 Å². The molecule has 2 rings (SSSR count). The number of aromatic nitrogens is 1. The molecule has 0 saturated heterocycles. The fourth-order valence-electron chi connectivity index (χ4n) is 2.69. The molecule has 1 aromatic rings. The number of hydrogen-bond donors (Lipinski definition) is 0. The topological polar surface area (TPSA) is 48.3 Å². The molecule has 0 bridgehead atoms. The normalized spacial score (nSPS) is 17.9. The van der Waals surface area contributed by atoms with Crippen LogP contribution in [-0.2, 0) is 9.53 Å². The van der Waals surface area contributed by atoms with E-state index in [0.717, 1.165) is 32.0 Å². The predicted octanol–water partition coefficient (Wildman–Crippen LogP) is 3.13. The molecule has 1 aliphatic carbocycles. The molecule has 4 nitrogen and oxygen atoms in total. The summed E-state index contributed by atoms with van der Waals surface area (Å²) >= 11 is 0. The molecule has 1 unspecified atom stereocenters. The lowest BCUT2D eigenvalue weighted by Gasteiger charge is -2.25. The first kappa shape index (κ1) is 13.8. The highest BCUT2D eigenvalue weighted by Crippen LogP contribution is 2.23. The molecule has 0 aromatic carbocycles. The number of aldehydes is 1. The second-order valence-corrected chi connectivity index (χ2v) is 5.08. The Labute approximate surface area is 113 Å². The Balaban J connectivity index is 2.04. The van der Waals surface area contributed by atoms with Crippen molar-refractivity contribution in [2.45, 2.75) is 57.6 Å². The van der Waals surface area contributed by atoms with E-state index in [1.807, 2.05) is 6.92 Å². The van der Waals surface area contributed by atoms with Gasteiger partial charge in [-0.25, -0.2) is 4.79 Å². The molecule has 0 aliphatic heterocycles. The van der Waals surface area contributed by atoms with E-state index < -0.39 is 6.04 Å². The number of ether oxygens (including phenoxy) is 1. The largest absolute Gasteiger partial charge is 0.461 e. The Morgan fingerprint density at radius 1 is 1.47 bits per heavy atom. The van der Waals surface area contributed by atoms with E-state index in [4.69, 9.17) is 4.74 Å². The third-order valence-electron chi connectivity index (χ3n) is 3.76. The van der Waals surface area contributed by atoms with E-state index >= 15 is 0 Å². The number of hydrogen-bond acceptors (Lipinski definition) is 3. The van der Waals surface area contributed by atoms with Crippen molar-refractivity contribution in [2.24, 2.45) is 0 Å². The number of rotatable bonds is 5. The number of carbonyl (C=O) groups is 2. The van der Waals surface area contributed by atoms with E-state index in [1.165, 1.54) is 6.42 Å². The predicted molar refractivity (Wildman–Crippen MR) is 72.1 cm³/mol. The fraction of sp³-hybridized carbons (Fsp3) is 0.600. The Morgan fingerprint density at radius 3 is 2.84 bits per heavy atom. The maximum absolute atomic E-state index is 12.3. The van der Waals surface area contributed by atoms with Gasteiger partial charge in [0, 0.05) is 6.20 Å². The van der Waals surface area contributed by atoms with Gasteiger partial charge < -0.3 is 9.30 Å². The summed E-state index contributed by atoms with van der Waals surface area (Å²) in [4.78, 5) is 23.2. The van der Waals surface area contributed by atoms with Crippen LogP contribution >= 0.6 is 0 Å². The van der Waals surface area contributed by atoms with Gasteiger partial charge in [0.15, 0.2) is 6.29 Å². The third kappa shape index (κ3) is 3.25. The first-order valence-electron chi connectivity index (χ1n) is 7.08. The Hall–Kier alpha value is -1.58. The van der Waals surface area contributed by atoms with Crippen LogP contribution < -0.4 is 0 Å². The Morgan fingerprint density at radius 2 is 2.21 bits per heavy atom. The highest BCUT2D eigenvalue weighted by molar-refractivity contribution is 5.78. The standard InChI is InChI=1S/C15H21NO3/c1-2-14(16-10-6-7-12(16)11-17)15(18)19-13-8-4-3-5-9-13/h6-7,10-11,13-14H,2-5,8-9H2,1H3. The van der Waals surface area contributed by atoms with Crippen LogP contribution in [0.25, 0.3) is 0 Å². The molecule has 4 heteroatoms. The average molecular weight is 263 g/mol. The molecular formula is C15H21NO3. The van der Waals surface area contributed by atoms with Gasteiger partial charge in [0.2, 0.25) is 0 Å². The van der Waals surface area contributed by atoms with Crippen molar-refractivity contribution >= 4 is 12.3 Å². The number of nitrogens with zero attached hydrogens (tertiary/aromatic N) is 1. The van der Waals surface area contributed by atoms with Gasteiger partial charge in [-0.05, 0) is 44.2 Å². The number of esters is 1. The van der Waals surface area contributed by atoms with Gasteiger partial charge in [-0.2, -0.15) is 0 Å². The second-order valence-electron chi connectivity index (χ2n) is 5.08. The van der Waals surface area contributed by atoms with E-state index in [2.05, 4.69) is 0 Å². The molecule has 104 valence electrons. The maximum Gasteiger partial charge on any atom is 0.329 e. The Bertz CT molecular complexity index is 432. The molecule has 1 aliphatic rings. The van der Waals surface area contributed by atoms with E-state index in [1.54, 1.807) is 22.9 Å². The van der Waals surface area contributed by atoms with E-state index in [-0.39, 0.29) is 12.1 Å². The molecule has 1 heterocycles. The van der Waals surface area contributed by atoms with E-state index in [0.29, 0.717) is 12.1 Å². The Kier molecular flexibility index (Phi) is 4.77. The molecule has 1 atom stereocenters. The zero-order chi connectivity index (χ0) is 13.7. The second kappa shape index (κ2) is 6.55. The summed E-state index contributed by atoms with van der Waals surface area (Å²) in [6.07, 6.45) is 8.67. The molecular weight excluding hydrogens is 242 g/mol. The van der Waals surface area contributed by atoms with Crippen molar-refractivity contribution in [1.29, 1.82) is 0 Å². The van der Waals surface area contributed by atoms with Gasteiger partial charge in [-0.1, -0.05) is 13.3 Å². The van der Waals surface area contributed by atoms with Gasteiger partial charge in [0.05, 0.1) is 5.69 Å². The smallest absolute Gasteiger partial charge is 0.329 e. The molecule has 0 radical (unpaired) electrons. The molecule has 0 N–H and O–H groups in total. The summed E-state index contributed by atoms with van der Waals surface area (Å²) in [7, 11) is 0. The van der Waals surface area contributed by atoms with Crippen molar-refractivity contribution in [3.63, 3.8) is 0 Å². The minimum atomic E-state index is -0.392. The average Bonchev–Trinajstić information content (AvgIpc) is 2.89. The highest BCUT2D eigenvalue weighted by atomic mass is 16.5. The maximum atomic E-state index is 12.3. The summed E-state index contributed by atoms with van der Waals surface area (Å²) in [5.41, 5.74) is 0.521. The summed E-state index contributed by atoms with van der Waals surface area (Å²) in [6, 6.07) is 3.10. The molecule has 1 aromatic heterocycles.